The number of nitrogens with one attached hydrogen (secondary N) is 3. The van der Waals surface area contributed by atoms with Crippen LogP contribution in [0.15, 0.2) is 47.0 Å². The lowest BCUT2D eigenvalue weighted by molar-refractivity contribution is -0.213. The van der Waals surface area contributed by atoms with Crippen LogP contribution in [0.25, 0.3) is 5.70 Å². The third kappa shape index (κ3) is 9.25. The molecule has 0 fully saturated rings. The second kappa shape index (κ2) is 14.7. The number of hydrogen-bond donors (Lipinski definition) is 3. The molecule has 0 heterocycles. The van der Waals surface area contributed by atoms with Crippen LogP contribution in [0, 0.1) is 11.2 Å². The summed E-state index contributed by atoms with van der Waals surface area (Å²) in [5.41, 5.74) is 1.29. The standard InChI is InChI=1S/C29H38F4N4O3/c1-7-19(3)26(25-23(30)17-22(40-16-15-39-6)18-24(25)34-8-2)36-20-9-11-21(12-10-20)37-27(38)35-14-13-28(4,5)29(31,32)33/h8-12,17-18,36H,7,13-16H2,1-6H3,(H2,35,37,38)/b26-19-,34-8?. The number of amides is 2. The second-order valence-corrected chi connectivity index (χ2v) is 9.75. The van der Waals surface area contributed by atoms with Gasteiger partial charge in [0.05, 0.1) is 23.3 Å². The Hall–Kier alpha value is -3.60. The summed E-state index contributed by atoms with van der Waals surface area (Å²) in [5, 5.41) is 8.32. The molecule has 11 heteroatoms. The fourth-order valence-corrected chi connectivity index (χ4v) is 3.53. The molecule has 0 aromatic heterocycles. The van der Waals surface area contributed by atoms with Crippen molar-refractivity contribution < 1.29 is 31.8 Å². The molecule has 0 unspecified atom stereocenters. The normalized spacial score (nSPS) is 12.8. The van der Waals surface area contributed by atoms with Crippen LogP contribution in [-0.2, 0) is 4.74 Å². The Kier molecular flexibility index (Phi) is 12.0. The van der Waals surface area contributed by atoms with Crippen molar-refractivity contribution in [2.24, 2.45) is 10.4 Å². The zero-order valence-corrected chi connectivity index (χ0v) is 23.8. The van der Waals surface area contributed by atoms with E-state index in [0.29, 0.717) is 47.1 Å². The molecule has 0 spiro atoms. The summed E-state index contributed by atoms with van der Waals surface area (Å²) in [6.07, 6.45) is -2.39. The number of methoxy groups -OCH3 is 1. The Bertz CT molecular complexity index is 1190. The lowest BCUT2D eigenvalue weighted by Crippen LogP contribution is -2.37. The average molecular weight is 567 g/mol. The summed E-state index contributed by atoms with van der Waals surface area (Å²) in [6, 6.07) is 9.04. The van der Waals surface area contributed by atoms with Gasteiger partial charge in [0.15, 0.2) is 0 Å². The molecular weight excluding hydrogens is 528 g/mol. The number of urea groups is 1. The maximum absolute atomic E-state index is 15.5. The molecule has 40 heavy (non-hydrogen) atoms. The van der Waals surface area contributed by atoms with Gasteiger partial charge >= 0.3 is 12.2 Å². The smallest absolute Gasteiger partial charge is 0.394 e. The molecule has 2 aromatic rings. The highest BCUT2D eigenvalue weighted by molar-refractivity contribution is 5.90. The maximum Gasteiger partial charge on any atom is 0.394 e. The highest BCUT2D eigenvalue weighted by Gasteiger charge is 2.46. The molecule has 2 aromatic carbocycles. The highest BCUT2D eigenvalue weighted by atomic mass is 19.4. The van der Waals surface area contributed by atoms with E-state index >= 15 is 4.39 Å². The van der Waals surface area contributed by atoms with Crippen molar-refractivity contribution in [2.75, 3.05) is 37.5 Å². The average Bonchev–Trinajstić information content (AvgIpc) is 2.88. The lowest BCUT2D eigenvalue weighted by Gasteiger charge is -2.27. The van der Waals surface area contributed by atoms with Crippen LogP contribution in [0.5, 0.6) is 5.75 Å². The largest absolute Gasteiger partial charge is 0.491 e. The van der Waals surface area contributed by atoms with E-state index in [9.17, 15) is 18.0 Å². The van der Waals surface area contributed by atoms with Crippen LogP contribution >= 0.6 is 0 Å². The summed E-state index contributed by atoms with van der Waals surface area (Å²) >= 11 is 0. The molecule has 0 atom stereocenters. The number of ether oxygens (including phenoxy) is 2. The van der Waals surface area contributed by atoms with Crippen molar-refractivity contribution in [3.8, 4) is 5.75 Å². The van der Waals surface area contributed by atoms with Gasteiger partial charge in [-0.2, -0.15) is 13.2 Å². The number of aliphatic imine (C=N–C) groups is 1. The molecule has 0 aliphatic rings. The van der Waals surface area contributed by atoms with Gasteiger partial charge in [-0.1, -0.05) is 20.8 Å². The van der Waals surface area contributed by atoms with E-state index in [0.717, 1.165) is 19.4 Å². The van der Waals surface area contributed by atoms with E-state index in [2.05, 4.69) is 20.9 Å². The van der Waals surface area contributed by atoms with E-state index in [-0.39, 0.29) is 19.6 Å². The topological polar surface area (TPSA) is 84.0 Å². The zero-order valence-electron chi connectivity index (χ0n) is 23.8. The molecule has 0 saturated heterocycles. The number of carbonyl (C=O) groups excluding carboxylic acids is 1. The minimum atomic E-state index is -4.36. The van der Waals surface area contributed by atoms with E-state index in [1.165, 1.54) is 6.07 Å². The first kappa shape index (κ1) is 32.6. The summed E-state index contributed by atoms with van der Waals surface area (Å²) in [5.74, 6) is -0.169. The van der Waals surface area contributed by atoms with Gasteiger partial charge in [-0.3, -0.25) is 4.99 Å². The van der Waals surface area contributed by atoms with Crippen molar-refractivity contribution >= 4 is 35.0 Å². The number of nitrogens with zero attached hydrogens (tertiary/aromatic N) is 1. The van der Waals surface area contributed by atoms with Gasteiger partial charge in [-0.15, -0.1) is 0 Å². The molecule has 0 bridgehead atoms. The molecule has 7 nitrogen and oxygen atoms in total. The maximum atomic E-state index is 15.5. The third-order valence-electron chi connectivity index (χ3n) is 6.29. The van der Waals surface area contributed by atoms with Crippen LogP contribution in [0.4, 0.5) is 39.4 Å². The first-order chi connectivity index (χ1) is 18.8. The first-order valence-electron chi connectivity index (χ1n) is 13.0. The molecular formula is C29H38F4N4O3. The number of benzene rings is 2. The zero-order chi connectivity index (χ0) is 29.9. The molecule has 0 saturated carbocycles. The monoisotopic (exact) mass is 566 g/mol. The van der Waals surface area contributed by atoms with Crippen LogP contribution in [0.3, 0.4) is 0 Å². The van der Waals surface area contributed by atoms with Gasteiger partial charge in [0.2, 0.25) is 0 Å². The Labute approximate surface area is 233 Å². The van der Waals surface area contributed by atoms with Gasteiger partial charge < -0.3 is 25.4 Å². The Morgan fingerprint density at radius 3 is 2.23 bits per heavy atom. The molecule has 0 aliphatic heterocycles. The fourth-order valence-electron chi connectivity index (χ4n) is 3.53. The number of anilines is 2. The predicted molar refractivity (Wildman–Crippen MR) is 152 cm³/mol. The Morgan fingerprint density at radius 2 is 1.68 bits per heavy atom. The number of alkyl halides is 3. The van der Waals surface area contributed by atoms with Gasteiger partial charge in [-0.05, 0) is 56.5 Å². The Morgan fingerprint density at radius 1 is 1.05 bits per heavy atom. The van der Waals surface area contributed by atoms with Gasteiger partial charge in [0.25, 0.3) is 0 Å². The summed E-state index contributed by atoms with van der Waals surface area (Å²) in [4.78, 5) is 16.5. The molecule has 0 aliphatic carbocycles. The molecule has 2 amide bonds. The molecule has 220 valence electrons. The van der Waals surface area contributed by atoms with E-state index in [1.54, 1.807) is 50.6 Å². The highest BCUT2D eigenvalue weighted by Crippen LogP contribution is 2.40. The summed E-state index contributed by atoms with van der Waals surface area (Å²) in [6.45, 7) is 8.27. The summed E-state index contributed by atoms with van der Waals surface area (Å²) in [7, 11) is 1.55. The number of rotatable bonds is 13. The lowest BCUT2D eigenvalue weighted by atomic mass is 9.89. The summed E-state index contributed by atoms with van der Waals surface area (Å²) < 4.78 is 65.0. The quantitative estimate of drug-likeness (QED) is 0.131. The molecule has 2 rings (SSSR count). The van der Waals surface area contributed by atoms with E-state index in [1.807, 2.05) is 13.8 Å². The van der Waals surface area contributed by atoms with Crippen molar-refractivity contribution in [1.29, 1.82) is 0 Å². The number of hydrogen-bond acceptors (Lipinski definition) is 5. The van der Waals surface area contributed by atoms with Crippen LogP contribution in [0.2, 0.25) is 0 Å². The number of allylic oxidation sites excluding steroid dienone is 1. The first-order valence-corrected chi connectivity index (χ1v) is 13.0. The minimum Gasteiger partial charge on any atom is -0.491 e. The minimum absolute atomic E-state index is 0.132. The van der Waals surface area contributed by atoms with E-state index < -0.39 is 23.4 Å². The van der Waals surface area contributed by atoms with Crippen LogP contribution in [-0.4, -0.2) is 45.3 Å². The van der Waals surface area contributed by atoms with Crippen molar-refractivity contribution in [2.45, 2.75) is 53.6 Å². The van der Waals surface area contributed by atoms with Crippen molar-refractivity contribution in [1.82, 2.24) is 5.32 Å². The van der Waals surface area contributed by atoms with Crippen molar-refractivity contribution in [3.63, 3.8) is 0 Å². The van der Waals surface area contributed by atoms with Gasteiger partial charge in [0.1, 0.15) is 18.2 Å². The fraction of sp³-hybridized carbons (Fsp3) is 0.448. The SMILES string of the molecule is CC=Nc1cc(OCCOC)cc(F)c1/C(Nc1ccc(NC(=O)NCCC(C)(C)C(F)(F)F)cc1)=C(\C)CC. The number of carbonyl (C=O) groups is 1. The second-order valence-electron chi connectivity index (χ2n) is 9.75. The molecule has 0 radical (unpaired) electrons. The third-order valence-corrected chi connectivity index (χ3v) is 6.29. The van der Waals surface area contributed by atoms with Gasteiger partial charge in [-0.25, -0.2) is 9.18 Å². The van der Waals surface area contributed by atoms with Crippen LogP contribution < -0.4 is 20.7 Å². The number of halogens is 4. The van der Waals surface area contributed by atoms with E-state index in [4.69, 9.17) is 9.47 Å². The van der Waals surface area contributed by atoms with Crippen molar-refractivity contribution in [3.05, 3.63) is 53.4 Å². The van der Waals surface area contributed by atoms with Gasteiger partial charge in [0, 0.05) is 49.1 Å². The molecule has 3 N–H and O–H groups in total. The Balaban J connectivity index is 2.18. The van der Waals surface area contributed by atoms with Crippen LogP contribution in [0.1, 0.15) is 53.0 Å². The predicted octanol–water partition coefficient (Wildman–Crippen LogP) is 7.93.